The fraction of sp³-hybridized carbons (Fsp3) is 0.182. The standard InChI is InChI=1S/C11H9FO2/c1-7(13)6-9-8-4-2-3-5-10(8)14-11(9)12/h2-5H,6H2,1H3. The van der Waals surface area contributed by atoms with Gasteiger partial charge in [0.25, 0.3) is 6.01 Å². The molecule has 1 aromatic carbocycles. The molecule has 3 heteroatoms. The van der Waals surface area contributed by atoms with Crippen LogP contribution in [0, 0.1) is 6.01 Å². The van der Waals surface area contributed by atoms with E-state index < -0.39 is 6.01 Å². The van der Waals surface area contributed by atoms with Crippen molar-refractivity contribution in [2.45, 2.75) is 13.3 Å². The van der Waals surface area contributed by atoms with Crippen LogP contribution in [0.4, 0.5) is 4.39 Å². The number of hydrogen-bond donors (Lipinski definition) is 0. The molecule has 0 spiro atoms. The molecule has 0 aliphatic rings. The van der Waals surface area contributed by atoms with Gasteiger partial charge in [0, 0.05) is 17.4 Å². The first-order valence-corrected chi connectivity index (χ1v) is 4.34. The molecule has 0 aliphatic heterocycles. The normalized spacial score (nSPS) is 10.7. The van der Waals surface area contributed by atoms with E-state index in [1.807, 2.05) is 0 Å². The van der Waals surface area contributed by atoms with Gasteiger partial charge in [-0.2, -0.15) is 4.39 Å². The third-order valence-electron chi connectivity index (χ3n) is 2.07. The zero-order chi connectivity index (χ0) is 10.1. The molecule has 0 saturated carbocycles. The minimum Gasteiger partial charge on any atom is -0.431 e. The van der Waals surface area contributed by atoms with Crippen LogP contribution >= 0.6 is 0 Å². The molecule has 0 atom stereocenters. The second-order valence-electron chi connectivity index (χ2n) is 3.23. The maximum Gasteiger partial charge on any atom is 0.282 e. The van der Waals surface area contributed by atoms with Gasteiger partial charge in [-0.25, -0.2) is 0 Å². The fourth-order valence-corrected chi connectivity index (χ4v) is 1.48. The summed E-state index contributed by atoms with van der Waals surface area (Å²) < 4.78 is 18.1. The Hall–Kier alpha value is -1.64. The lowest BCUT2D eigenvalue weighted by molar-refractivity contribution is -0.116. The zero-order valence-corrected chi connectivity index (χ0v) is 7.71. The highest BCUT2D eigenvalue weighted by atomic mass is 19.1. The summed E-state index contributed by atoms with van der Waals surface area (Å²) in [4.78, 5) is 10.9. The van der Waals surface area contributed by atoms with Crippen LogP contribution in [0.15, 0.2) is 28.7 Å². The van der Waals surface area contributed by atoms with Gasteiger partial charge in [-0.15, -0.1) is 0 Å². The predicted octanol–water partition coefficient (Wildman–Crippen LogP) is 2.70. The summed E-state index contributed by atoms with van der Waals surface area (Å²) in [7, 11) is 0. The van der Waals surface area contributed by atoms with E-state index in [1.54, 1.807) is 24.3 Å². The Kier molecular flexibility index (Phi) is 2.08. The summed E-state index contributed by atoms with van der Waals surface area (Å²) in [5, 5.41) is 0.681. The van der Waals surface area contributed by atoms with Gasteiger partial charge in [-0.3, -0.25) is 4.79 Å². The predicted molar refractivity (Wildman–Crippen MR) is 50.6 cm³/mol. The summed E-state index contributed by atoms with van der Waals surface area (Å²) in [5.41, 5.74) is 0.842. The van der Waals surface area contributed by atoms with Gasteiger partial charge in [0.1, 0.15) is 11.4 Å². The van der Waals surface area contributed by atoms with Crippen LogP contribution < -0.4 is 0 Å². The van der Waals surface area contributed by atoms with Gasteiger partial charge in [-0.05, 0) is 13.0 Å². The van der Waals surface area contributed by atoms with E-state index >= 15 is 0 Å². The maximum absolute atomic E-state index is 13.2. The van der Waals surface area contributed by atoms with Crippen LogP contribution in [0.2, 0.25) is 0 Å². The van der Waals surface area contributed by atoms with Crippen molar-refractivity contribution in [3.8, 4) is 0 Å². The highest BCUT2D eigenvalue weighted by Crippen LogP contribution is 2.24. The molecular formula is C11H9FO2. The smallest absolute Gasteiger partial charge is 0.282 e. The Morgan fingerprint density at radius 3 is 2.86 bits per heavy atom. The second-order valence-corrected chi connectivity index (χ2v) is 3.23. The summed E-state index contributed by atoms with van der Waals surface area (Å²) in [6, 6.07) is 6.34. The molecule has 0 bridgehead atoms. The molecule has 1 aromatic heterocycles. The average Bonchev–Trinajstić information content (AvgIpc) is 2.43. The highest BCUT2D eigenvalue weighted by Gasteiger charge is 2.14. The van der Waals surface area contributed by atoms with E-state index in [4.69, 9.17) is 4.42 Å². The molecule has 0 unspecified atom stereocenters. The Balaban J connectivity index is 2.62. The van der Waals surface area contributed by atoms with Crippen LogP contribution in [-0.2, 0) is 11.2 Å². The molecule has 2 nitrogen and oxygen atoms in total. The molecule has 2 aromatic rings. The first-order valence-electron chi connectivity index (χ1n) is 4.34. The van der Waals surface area contributed by atoms with Crippen LogP contribution in [0.1, 0.15) is 12.5 Å². The number of carbonyl (C=O) groups is 1. The van der Waals surface area contributed by atoms with Crippen LogP contribution in [0.25, 0.3) is 11.0 Å². The Bertz CT molecular complexity index is 485. The van der Waals surface area contributed by atoms with Crippen molar-refractivity contribution in [1.82, 2.24) is 0 Å². The van der Waals surface area contributed by atoms with Crippen LogP contribution in [0.5, 0.6) is 0 Å². The highest BCUT2D eigenvalue weighted by molar-refractivity contribution is 5.87. The van der Waals surface area contributed by atoms with E-state index in [1.165, 1.54) is 6.92 Å². The number of para-hydroxylation sites is 1. The van der Waals surface area contributed by atoms with Gasteiger partial charge < -0.3 is 4.42 Å². The first kappa shape index (κ1) is 8.94. The van der Waals surface area contributed by atoms with Crippen molar-refractivity contribution in [1.29, 1.82) is 0 Å². The van der Waals surface area contributed by atoms with E-state index in [-0.39, 0.29) is 12.2 Å². The number of Topliss-reactive ketones (excluding diaryl/α,β-unsaturated/α-hetero) is 1. The summed E-state index contributed by atoms with van der Waals surface area (Å²) in [6.45, 7) is 1.43. The molecule has 72 valence electrons. The maximum atomic E-state index is 13.2. The van der Waals surface area contributed by atoms with E-state index in [9.17, 15) is 9.18 Å². The molecular weight excluding hydrogens is 183 g/mol. The Morgan fingerprint density at radius 2 is 2.14 bits per heavy atom. The molecule has 0 radical (unpaired) electrons. The minimum atomic E-state index is -0.651. The number of halogens is 1. The van der Waals surface area contributed by atoms with Crippen molar-refractivity contribution in [3.63, 3.8) is 0 Å². The third-order valence-corrected chi connectivity index (χ3v) is 2.07. The number of rotatable bonds is 2. The van der Waals surface area contributed by atoms with Gasteiger partial charge in [-0.1, -0.05) is 18.2 Å². The Labute approximate surface area is 80.3 Å². The fourth-order valence-electron chi connectivity index (χ4n) is 1.48. The molecule has 0 amide bonds. The van der Waals surface area contributed by atoms with Crippen LogP contribution in [-0.4, -0.2) is 5.78 Å². The van der Waals surface area contributed by atoms with Crippen molar-refractivity contribution in [3.05, 3.63) is 35.8 Å². The van der Waals surface area contributed by atoms with Gasteiger partial charge in [0.2, 0.25) is 0 Å². The van der Waals surface area contributed by atoms with Crippen molar-refractivity contribution < 1.29 is 13.6 Å². The molecule has 2 rings (SSSR count). The average molecular weight is 192 g/mol. The number of fused-ring (bicyclic) bond motifs is 1. The molecule has 0 aliphatic carbocycles. The summed E-state index contributed by atoms with van der Waals surface area (Å²) in [6.07, 6.45) is 0.0862. The lowest BCUT2D eigenvalue weighted by Gasteiger charge is -1.92. The van der Waals surface area contributed by atoms with Gasteiger partial charge >= 0.3 is 0 Å². The second kappa shape index (κ2) is 3.25. The number of hydrogen-bond acceptors (Lipinski definition) is 2. The third kappa shape index (κ3) is 1.41. The Morgan fingerprint density at radius 1 is 1.43 bits per heavy atom. The largest absolute Gasteiger partial charge is 0.431 e. The topological polar surface area (TPSA) is 30.2 Å². The summed E-state index contributed by atoms with van der Waals surface area (Å²) >= 11 is 0. The molecule has 0 saturated heterocycles. The number of furan rings is 1. The first-order chi connectivity index (χ1) is 6.68. The van der Waals surface area contributed by atoms with Gasteiger partial charge in [0.05, 0.1) is 0 Å². The van der Waals surface area contributed by atoms with Crippen molar-refractivity contribution >= 4 is 16.8 Å². The van der Waals surface area contributed by atoms with E-state index in [0.717, 1.165) is 0 Å². The van der Waals surface area contributed by atoms with Gasteiger partial charge in [0.15, 0.2) is 0 Å². The molecule has 0 fully saturated rings. The SMILES string of the molecule is CC(=O)Cc1c(F)oc2ccccc12. The quantitative estimate of drug-likeness (QED) is 0.732. The minimum absolute atomic E-state index is 0.0737. The zero-order valence-electron chi connectivity index (χ0n) is 7.71. The van der Waals surface area contributed by atoms with E-state index in [2.05, 4.69) is 0 Å². The molecule has 14 heavy (non-hydrogen) atoms. The van der Waals surface area contributed by atoms with Crippen molar-refractivity contribution in [2.75, 3.05) is 0 Å². The van der Waals surface area contributed by atoms with E-state index in [0.29, 0.717) is 16.5 Å². The number of ketones is 1. The number of benzene rings is 1. The molecule has 0 N–H and O–H groups in total. The monoisotopic (exact) mass is 192 g/mol. The van der Waals surface area contributed by atoms with Crippen molar-refractivity contribution in [2.24, 2.45) is 0 Å². The number of carbonyl (C=O) groups excluding carboxylic acids is 1. The lowest BCUT2D eigenvalue weighted by Crippen LogP contribution is -1.96. The summed E-state index contributed by atoms with van der Waals surface area (Å²) in [5.74, 6) is -0.0737. The molecule has 1 heterocycles. The van der Waals surface area contributed by atoms with Crippen LogP contribution in [0.3, 0.4) is 0 Å². The lowest BCUT2D eigenvalue weighted by atomic mass is 10.1.